The van der Waals surface area contributed by atoms with Gasteiger partial charge >= 0.3 is 0 Å². The molecule has 0 saturated heterocycles. The fraction of sp³-hybridized carbons (Fsp3) is 0.438. The maximum atomic E-state index is 14.4. The van der Waals surface area contributed by atoms with Crippen molar-refractivity contribution in [3.8, 4) is 5.69 Å². The van der Waals surface area contributed by atoms with Crippen molar-refractivity contribution in [2.24, 2.45) is 0 Å². The van der Waals surface area contributed by atoms with E-state index in [1.54, 1.807) is 10.7 Å². The number of aryl methyl sites for hydroxylation is 2. The van der Waals surface area contributed by atoms with Gasteiger partial charge in [-0.05, 0) is 50.6 Å². The lowest BCUT2D eigenvalue weighted by atomic mass is 10.1. The first kappa shape index (κ1) is 14.7. The van der Waals surface area contributed by atoms with E-state index in [0.29, 0.717) is 5.69 Å². The zero-order valence-electron chi connectivity index (χ0n) is 12.6. The van der Waals surface area contributed by atoms with Gasteiger partial charge in [0.1, 0.15) is 11.5 Å². The number of nitrogens with zero attached hydrogens (tertiary/aromatic N) is 2. The Bertz CT molecular complexity index is 589. The standard InChI is InChI=1S/C16H22FN3/c1-5-13-10-14(6-2)20(19-13)16-8-7-12(9-15(16)17)11(3)18-4/h7-11,18H,5-6H2,1-4H3. The van der Waals surface area contributed by atoms with Crippen LogP contribution in [0.4, 0.5) is 4.39 Å². The van der Waals surface area contributed by atoms with E-state index in [4.69, 9.17) is 0 Å². The van der Waals surface area contributed by atoms with Gasteiger partial charge in [-0.25, -0.2) is 9.07 Å². The Morgan fingerprint density at radius 3 is 2.55 bits per heavy atom. The average molecular weight is 275 g/mol. The molecule has 1 heterocycles. The van der Waals surface area contributed by atoms with Gasteiger partial charge in [-0.15, -0.1) is 0 Å². The van der Waals surface area contributed by atoms with Gasteiger partial charge in [0.15, 0.2) is 0 Å². The first-order valence-corrected chi connectivity index (χ1v) is 7.15. The monoisotopic (exact) mass is 275 g/mol. The highest BCUT2D eigenvalue weighted by Gasteiger charge is 2.13. The molecular weight excluding hydrogens is 253 g/mol. The van der Waals surface area contributed by atoms with E-state index in [2.05, 4.69) is 24.3 Å². The Balaban J connectivity index is 2.45. The molecular formula is C16H22FN3. The van der Waals surface area contributed by atoms with Gasteiger partial charge < -0.3 is 5.32 Å². The van der Waals surface area contributed by atoms with Gasteiger partial charge in [-0.3, -0.25) is 0 Å². The number of hydrogen-bond donors (Lipinski definition) is 1. The molecule has 1 aromatic carbocycles. The lowest BCUT2D eigenvalue weighted by Gasteiger charge is -2.13. The molecule has 4 heteroatoms. The largest absolute Gasteiger partial charge is 0.313 e. The predicted molar refractivity (Wildman–Crippen MR) is 79.8 cm³/mol. The Kier molecular flexibility index (Phi) is 4.55. The van der Waals surface area contributed by atoms with Gasteiger partial charge in [-0.1, -0.05) is 19.9 Å². The van der Waals surface area contributed by atoms with E-state index in [9.17, 15) is 4.39 Å². The summed E-state index contributed by atoms with van der Waals surface area (Å²) in [6.07, 6.45) is 1.69. The second-order valence-corrected chi connectivity index (χ2v) is 4.97. The predicted octanol–water partition coefficient (Wildman–Crippen LogP) is 3.42. The second-order valence-electron chi connectivity index (χ2n) is 4.97. The smallest absolute Gasteiger partial charge is 0.149 e. The number of rotatable bonds is 5. The van der Waals surface area contributed by atoms with Crippen LogP contribution < -0.4 is 5.32 Å². The SMILES string of the molecule is CCc1cc(CC)n(-c2ccc(C(C)NC)cc2F)n1. The Morgan fingerprint density at radius 2 is 2.00 bits per heavy atom. The summed E-state index contributed by atoms with van der Waals surface area (Å²) >= 11 is 0. The van der Waals surface area contributed by atoms with E-state index in [1.165, 1.54) is 0 Å². The summed E-state index contributed by atoms with van der Waals surface area (Å²) in [5.74, 6) is -0.231. The molecule has 1 aromatic heterocycles. The van der Waals surface area contributed by atoms with Crippen LogP contribution in [0.1, 0.15) is 43.8 Å². The van der Waals surface area contributed by atoms with Gasteiger partial charge in [-0.2, -0.15) is 5.10 Å². The van der Waals surface area contributed by atoms with Crippen molar-refractivity contribution < 1.29 is 4.39 Å². The van der Waals surface area contributed by atoms with E-state index in [0.717, 1.165) is 29.8 Å². The van der Waals surface area contributed by atoms with Crippen LogP contribution in [0.15, 0.2) is 24.3 Å². The van der Waals surface area contributed by atoms with Crippen LogP contribution in [-0.2, 0) is 12.8 Å². The van der Waals surface area contributed by atoms with Gasteiger partial charge in [0.05, 0.1) is 5.69 Å². The van der Waals surface area contributed by atoms with Crippen LogP contribution in [0.5, 0.6) is 0 Å². The topological polar surface area (TPSA) is 29.9 Å². The highest BCUT2D eigenvalue weighted by atomic mass is 19.1. The third-order valence-electron chi connectivity index (χ3n) is 3.69. The number of nitrogens with one attached hydrogen (secondary N) is 1. The van der Waals surface area contributed by atoms with Gasteiger partial charge in [0.2, 0.25) is 0 Å². The number of aromatic nitrogens is 2. The molecule has 0 radical (unpaired) electrons. The van der Waals surface area contributed by atoms with Crippen molar-refractivity contribution in [1.29, 1.82) is 0 Å². The van der Waals surface area contributed by atoms with Crippen molar-refractivity contribution in [1.82, 2.24) is 15.1 Å². The molecule has 2 aromatic rings. The summed E-state index contributed by atoms with van der Waals surface area (Å²) in [5, 5.41) is 7.60. The molecule has 0 saturated carbocycles. The van der Waals surface area contributed by atoms with Crippen molar-refractivity contribution in [3.05, 3.63) is 47.0 Å². The summed E-state index contributed by atoms with van der Waals surface area (Å²) in [6, 6.07) is 7.52. The molecule has 0 aliphatic rings. The normalized spacial score (nSPS) is 12.7. The molecule has 0 amide bonds. The number of hydrogen-bond acceptors (Lipinski definition) is 2. The van der Waals surface area contributed by atoms with Crippen molar-refractivity contribution in [2.75, 3.05) is 7.05 Å². The summed E-state index contributed by atoms with van der Waals surface area (Å²) < 4.78 is 16.1. The van der Waals surface area contributed by atoms with Crippen LogP contribution >= 0.6 is 0 Å². The van der Waals surface area contributed by atoms with Gasteiger partial charge in [0.25, 0.3) is 0 Å². The molecule has 20 heavy (non-hydrogen) atoms. The fourth-order valence-electron chi connectivity index (χ4n) is 2.24. The first-order chi connectivity index (χ1) is 9.60. The summed E-state index contributed by atoms with van der Waals surface area (Å²) in [4.78, 5) is 0. The second kappa shape index (κ2) is 6.18. The van der Waals surface area contributed by atoms with E-state index >= 15 is 0 Å². The summed E-state index contributed by atoms with van der Waals surface area (Å²) in [6.45, 7) is 6.12. The van der Waals surface area contributed by atoms with E-state index in [-0.39, 0.29) is 11.9 Å². The Labute approximate surface area is 119 Å². The molecule has 1 atom stereocenters. The number of benzene rings is 1. The zero-order chi connectivity index (χ0) is 14.7. The van der Waals surface area contributed by atoms with Crippen LogP contribution in [0.25, 0.3) is 5.69 Å². The lowest BCUT2D eigenvalue weighted by Crippen LogP contribution is -2.13. The first-order valence-electron chi connectivity index (χ1n) is 7.15. The minimum atomic E-state index is -0.231. The zero-order valence-corrected chi connectivity index (χ0v) is 12.6. The van der Waals surface area contributed by atoms with E-state index in [1.807, 2.05) is 32.2 Å². The van der Waals surface area contributed by atoms with Crippen LogP contribution in [-0.4, -0.2) is 16.8 Å². The fourth-order valence-corrected chi connectivity index (χ4v) is 2.24. The molecule has 1 N–H and O–H groups in total. The molecule has 1 unspecified atom stereocenters. The lowest BCUT2D eigenvalue weighted by molar-refractivity contribution is 0.592. The molecule has 0 aliphatic heterocycles. The third kappa shape index (κ3) is 2.75. The van der Waals surface area contributed by atoms with E-state index < -0.39 is 0 Å². The highest BCUT2D eigenvalue weighted by molar-refractivity contribution is 5.38. The quantitative estimate of drug-likeness (QED) is 0.906. The number of halogens is 1. The van der Waals surface area contributed by atoms with Gasteiger partial charge in [0, 0.05) is 11.7 Å². The third-order valence-corrected chi connectivity index (χ3v) is 3.69. The molecule has 3 nitrogen and oxygen atoms in total. The molecule has 0 bridgehead atoms. The summed E-state index contributed by atoms with van der Waals surface area (Å²) in [5.41, 5.74) is 3.49. The maximum absolute atomic E-state index is 14.4. The Morgan fingerprint density at radius 1 is 1.25 bits per heavy atom. The molecule has 0 fully saturated rings. The molecule has 0 spiro atoms. The van der Waals surface area contributed by atoms with Crippen LogP contribution in [0.3, 0.4) is 0 Å². The molecule has 0 aliphatic carbocycles. The van der Waals surface area contributed by atoms with Crippen molar-refractivity contribution in [2.45, 2.75) is 39.7 Å². The average Bonchev–Trinajstić information content (AvgIpc) is 2.89. The summed E-state index contributed by atoms with van der Waals surface area (Å²) in [7, 11) is 1.87. The van der Waals surface area contributed by atoms with Crippen molar-refractivity contribution >= 4 is 0 Å². The molecule has 2 rings (SSSR count). The minimum Gasteiger partial charge on any atom is -0.313 e. The Hall–Kier alpha value is -1.68. The van der Waals surface area contributed by atoms with Crippen LogP contribution in [0, 0.1) is 5.82 Å². The minimum absolute atomic E-state index is 0.132. The molecule has 108 valence electrons. The van der Waals surface area contributed by atoms with Crippen molar-refractivity contribution in [3.63, 3.8) is 0 Å². The highest BCUT2D eigenvalue weighted by Crippen LogP contribution is 2.21. The van der Waals surface area contributed by atoms with Crippen LogP contribution in [0.2, 0.25) is 0 Å². The maximum Gasteiger partial charge on any atom is 0.149 e.